The minimum atomic E-state index is -1.29. The molecule has 0 aliphatic carbocycles. The van der Waals surface area contributed by atoms with Crippen molar-refractivity contribution in [2.45, 2.75) is 44.8 Å². The van der Waals surface area contributed by atoms with Crippen LogP contribution in [0, 0.1) is 0 Å². The Morgan fingerprint density at radius 1 is 1.47 bits per heavy atom. The van der Waals surface area contributed by atoms with Crippen LogP contribution < -0.4 is 5.32 Å². The van der Waals surface area contributed by atoms with Gasteiger partial charge in [0.2, 0.25) is 0 Å². The number of halogens is 2. The molecule has 1 atom stereocenters. The predicted octanol–water partition coefficient (Wildman–Crippen LogP) is 3.95. The molecule has 1 aliphatic heterocycles. The molecule has 0 saturated carbocycles. The normalized spacial score (nSPS) is 20.8. The van der Waals surface area contributed by atoms with Crippen molar-refractivity contribution in [2.24, 2.45) is 0 Å². The van der Waals surface area contributed by atoms with Gasteiger partial charge in [-0.25, -0.2) is 4.39 Å². The minimum Gasteiger partial charge on any atom is -0.314 e. The van der Waals surface area contributed by atoms with Gasteiger partial charge >= 0.3 is 0 Å². The Bertz CT molecular complexity index is 392. The van der Waals surface area contributed by atoms with Gasteiger partial charge in [0.25, 0.3) is 0 Å². The highest BCUT2D eigenvalue weighted by Gasteiger charge is 2.22. The van der Waals surface area contributed by atoms with Crippen molar-refractivity contribution in [3.05, 3.63) is 33.8 Å². The van der Waals surface area contributed by atoms with E-state index >= 15 is 0 Å². The lowest BCUT2D eigenvalue weighted by atomic mass is 9.97. The molecular formula is C14H19BrFN. The third-order valence-electron chi connectivity index (χ3n) is 3.32. The second-order valence-corrected chi connectivity index (χ2v) is 6.14. The first kappa shape index (κ1) is 13.0. The first-order valence-electron chi connectivity index (χ1n) is 6.18. The number of benzene rings is 1. The lowest BCUT2D eigenvalue weighted by Crippen LogP contribution is -2.23. The van der Waals surface area contributed by atoms with Gasteiger partial charge in [-0.2, -0.15) is 0 Å². The van der Waals surface area contributed by atoms with Gasteiger partial charge in [0.15, 0.2) is 0 Å². The molecule has 94 valence electrons. The van der Waals surface area contributed by atoms with Crippen LogP contribution in [0.25, 0.3) is 0 Å². The van der Waals surface area contributed by atoms with Gasteiger partial charge in [0.1, 0.15) is 5.67 Å². The molecule has 0 aromatic heterocycles. The molecule has 0 amide bonds. The van der Waals surface area contributed by atoms with E-state index in [4.69, 9.17) is 0 Å². The number of hydrogen-bond donors (Lipinski definition) is 1. The quantitative estimate of drug-likeness (QED) is 0.891. The van der Waals surface area contributed by atoms with E-state index in [1.165, 1.54) is 18.4 Å². The smallest absolute Gasteiger partial charge is 0.131 e. The van der Waals surface area contributed by atoms with Gasteiger partial charge in [-0.1, -0.05) is 28.1 Å². The van der Waals surface area contributed by atoms with Crippen LogP contribution in [0.5, 0.6) is 0 Å². The lowest BCUT2D eigenvalue weighted by Gasteiger charge is -2.18. The fraction of sp³-hybridized carbons (Fsp3) is 0.571. The predicted molar refractivity (Wildman–Crippen MR) is 73.0 cm³/mol. The number of rotatable bonds is 3. The molecule has 0 radical (unpaired) electrons. The van der Waals surface area contributed by atoms with Crippen molar-refractivity contribution in [3.8, 4) is 0 Å². The zero-order chi connectivity index (χ0) is 12.5. The molecule has 1 unspecified atom stereocenters. The minimum absolute atomic E-state index is 0.589. The van der Waals surface area contributed by atoms with Crippen LogP contribution in [-0.4, -0.2) is 12.6 Å². The van der Waals surface area contributed by atoms with E-state index < -0.39 is 5.67 Å². The topological polar surface area (TPSA) is 12.0 Å². The summed E-state index contributed by atoms with van der Waals surface area (Å²) in [5.41, 5.74) is 0.702. The third-order valence-corrected chi connectivity index (χ3v) is 3.97. The standard InChI is InChI=1S/C14H19BrFN/c1-14(2,16)12-6-5-10(9-13(12)15)8-11-4-3-7-17-11/h5-6,9,11,17H,3-4,7-8H2,1-2H3. The second-order valence-electron chi connectivity index (χ2n) is 5.28. The maximum Gasteiger partial charge on any atom is 0.131 e. The van der Waals surface area contributed by atoms with Gasteiger partial charge < -0.3 is 5.32 Å². The molecule has 1 saturated heterocycles. The Hall–Kier alpha value is -0.410. The molecule has 1 heterocycles. The first-order valence-corrected chi connectivity index (χ1v) is 6.97. The molecule has 1 aromatic carbocycles. The molecule has 1 aliphatic rings. The van der Waals surface area contributed by atoms with Crippen LogP contribution >= 0.6 is 15.9 Å². The van der Waals surface area contributed by atoms with Crippen molar-refractivity contribution in [1.29, 1.82) is 0 Å². The van der Waals surface area contributed by atoms with E-state index in [1.54, 1.807) is 13.8 Å². The Labute approximate surface area is 111 Å². The second kappa shape index (κ2) is 5.07. The molecule has 1 nitrogen and oxygen atoms in total. The summed E-state index contributed by atoms with van der Waals surface area (Å²) >= 11 is 3.47. The van der Waals surface area contributed by atoms with E-state index in [-0.39, 0.29) is 0 Å². The average Bonchev–Trinajstić information content (AvgIpc) is 2.68. The summed E-state index contributed by atoms with van der Waals surface area (Å²) in [6.45, 7) is 4.30. The van der Waals surface area contributed by atoms with Crippen molar-refractivity contribution >= 4 is 15.9 Å². The van der Waals surface area contributed by atoms with Gasteiger partial charge in [0, 0.05) is 16.1 Å². The highest BCUT2D eigenvalue weighted by Crippen LogP contribution is 2.32. The van der Waals surface area contributed by atoms with Crippen LogP contribution in [0.1, 0.15) is 37.8 Å². The maximum atomic E-state index is 13.9. The summed E-state index contributed by atoms with van der Waals surface area (Å²) in [4.78, 5) is 0. The monoisotopic (exact) mass is 299 g/mol. The third kappa shape index (κ3) is 3.29. The van der Waals surface area contributed by atoms with Crippen LogP contribution in [-0.2, 0) is 12.1 Å². The maximum absolute atomic E-state index is 13.9. The molecule has 2 rings (SSSR count). The van der Waals surface area contributed by atoms with E-state index in [0.29, 0.717) is 6.04 Å². The summed E-state index contributed by atoms with van der Waals surface area (Å²) in [5, 5.41) is 3.48. The molecule has 0 bridgehead atoms. The van der Waals surface area contributed by atoms with Crippen molar-refractivity contribution in [1.82, 2.24) is 5.32 Å². The van der Waals surface area contributed by atoms with Crippen molar-refractivity contribution in [2.75, 3.05) is 6.54 Å². The highest BCUT2D eigenvalue weighted by molar-refractivity contribution is 9.10. The molecule has 3 heteroatoms. The Balaban J connectivity index is 2.13. The zero-order valence-electron chi connectivity index (χ0n) is 10.4. The van der Waals surface area contributed by atoms with Crippen LogP contribution in [0.4, 0.5) is 4.39 Å². The van der Waals surface area contributed by atoms with E-state index in [0.717, 1.165) is 23.0 Å². The van der Waals surface area contributed by atoms with Gasteiger partial charge in [-0.05, 0) is 51.3 Å². The SMILES string of the molecule is CC(C)(F)c1ccc(CC2CCCN2)cc1Br. The van der Waals surface area contributed by atoms with Gasteiger partial charge in [0.05, 0.1) is 0 Å². The summed E-state index contributed by atoms with van der Waals surface area (Å²) in [5.74, 6) is 0. The van der Waals surface area contributed by atoms with E-state index in [1.807, 2.05) is 12.1 Å². The summed E-state index contributed by atoms with van der Waals surface area (Å²) in [6, 6.07) is 6.58. The summed E-state index contributed by atoms with van der Waals surface area (Å²) < 4.78 is 14.8. The Morgan fingerprint density at radius 2 is 2.24 bits per heavy atom. The first-order chi connectivity index (χ1) is 7.97. The number of hydrogen-bond acceptors (Lipinski definition) is 1. The Kier molecular flexibility index (Phi) is 3.88. The zero-order valence-corrected chi connectivity index (χ0v) is 12.0. The van der Waals surface area contributed by atoms with Crippen LogP contribution in [0.3, 0.4) is 0 Å². The number of nitrogens with one attached hydrogen (secondary N) is 1. The summed E-state index contributed by atoms with van der Waals surface area (Å²) in [6.07, 6.45) is 3.54. The summed E-state index contributed by atoms with van der Waals surface area (Å²) in [7, 11) is 0. The molecule has 1 fully saturated rings. The van der Waals surface area contributed by atoms with Crippen LogP contribution in [0.2, 0.25) is 0 Å². The van der Waals surface area contributed by atoms with Crippen molar-refractivity contribution < 1.29 is 4.39 Å². The van der Waals surface area contributed by atoms with E-state index in [2.05, 4.69) is 27.3 Å². The fourth-order valence-corrected chi connectivity index (χ4v) is 3.28. The van der Waals surface area contributed by atoms with Crippen molar-refractivity contribution in [3.63, 3.8) is 0 Å². The lowest BCUT2D eigenvalue weighted by molar-refractivity contribution is 0.220. The van der Waals surface area contributed by atoms with Gasteiger partial charge in [-0.15, -0.1) is 0 Å². The highest BCUT2D eigenvalue weighted by atomic mass is 79.9. The van der Waals surface area contributed by atoms with Crippen LogP contribution in [0.15, 0.2) is 22.7 Å². The number of alkyl halides is 1. The molecular weight excluding hydrogens is 281 g/mol. The molecule has 0 spiro atoms. The average molecular weight is 300 g/mol. The molecule has 1 aromatic rings. The Morgan fingerprint density at radius 3 is 2.76 bits per heavy atom. The fourth-order valence-electron chi connectivity index (χ4n) is 2.38. The molecule has 17 heavy (non-hydrogen) atoms. The van der Waals surface area contributed by atoms with Gasteiger partial charge in [-0.3, -0.25) is 0 Å². The molecule has 1 N–H and O–H groups in total. The van der Waals surface area contributed by atoms with E-state index in [9.17, 15) is 4.39 Å². The largest absolute Gasteiger partial charge is 0.314 e.